The van der Waals surface area contributed by atoms with Crippen LogP contribution in [0.15, 0.2) is 23.8 Å². The van der Waals surface area contributed by atoms with E-state index in [-0.39, 0.29) is 0 Å². The fourth-order valence-corrected chi connectivity index (χ4v) is 3.78. The molecule has 0 fully saturated rings. The van der Waals surface area contributed by atoms with Crippen molar-refractivity contribution in [1.29, 1.82) is 5.26 Å². The number of rotatable bonds is 3. The molecule has 1 aromatic carbocycles. The summed E-state index contributed by atoms with van der Waals surface area (Å²) < 4.78 is 2.07. The number of aromatic nitrogens is 1. The van der Waals surface area contributed by atoms with Crippen molar-refractivity contribution in [3.63, 3.8) is 0 Å². The number of allylic oxidation sites excluding steroid dienone is 1. The van der Waals surface area contributed by atoms with Crippen LogP contribution in [0.25, 0.3) is 6.08 Å². The molecular weight excluding hydrogens is 343 g/mol. The predicted molar refractivity (Wildman–Crippen MR) is 96.7 cm³/mol. The van der Waals surface area contributed by atoms with Crippen molar-refractivity contribution in [2.24, 2.45) is 7.05 Å². The van der Waals surface area contributed by atoms with Crippen LogP contribution in [0.3, 0.4) is 0 Å². The number of benzene rings is 1. The summed E-state index contributed by atoms with van der Waals surface area (Å²) in [4.78, 5) is 11.1. The Morgan fingerprint density at radius 1 is 1.42 bits per heavy atom. The highest BCUT2D eigenvalue weighted by molar-refractivity contribution is 6.37. The maximum Gasteiger partial charge on any atom is 0.151 e. The van der Waals surface area contributed by atoms with Gasteiger partial charge in [-0.2, -0.15) is 5.26 Å². The zero-order valence-electron chi connectivity index (χ0n) is 13.4. The van der Waals surface area contributed by atoms with E-state index >= 15 is 0 Å². The lowest BCUT2D eigenvalue weighted by atomic mass is 9.88. The second-order valence-electron chi connectivity index (χ2n) is 6.15. The molecule has 0 N–H and O–H groups in total. The number of carbonyl (C=O) groups is 1. The van der Waals surface area contributed by atoms with Crippen LogP contribution in [-0.4, -0.2) is 10.9 Å². The van der Waals surface area contributed by atoms with Gasteiger partial charge in [0, 0.05) is 41.0 Å². The van der Waals surface area contributed by atoms with Crippen LogP contribution in [0.4, 0.5) is 0 Å². The molecule has 0 radical (unpaired) electrons. The SMILES string of the molecule is CC1CC(C#N)=Cc2c1cc(Cc1c(Cl)ccc(C=O)c1Cl)n2C. The first-order valence-corrected chi connectivity index (χ1v) is 8.43. The maximum absolute atomic E-state index is 11.1. The van der Waals surface area contributed by atoms with Crippen LogP contribution >= 0.6 is 23.2 Å². The van der Waals surface area contributed by atoms with Gasteiger partial charge in [-0.25, -0.2) is 0 Å². The number of aldehydes is 1. The molecule has 0 aliphatic heterocycles. The molecule has 0 bridgehead atoms. The number of hydrogen-bond donors (Lipinski definition) is 0. The molecule has 122 valence electrons. The molecule has 0 saturated carbocycles. The first-order chi connectivity index (χ1) is 11.5. The molecule has 3 nitrogen and oxygen atoms in total. The first kappa shape index (κ1) is 16.8. The van der Waals surface area contributed by atoms with E-state index in [1.807, 2.05) is 13.1 Å². The van der Waals surface area contributed by atoms with Crippen LogP contribution in [0, 0.1) is 11.3 Å². The molecule has 3 rings (SSSR count). The van der Waals surface area contributed by atoms with Gasteiger partial charge < -0.3 is 4.57 Å². The summed E-state index contributed by atoms with van der Waals surface area (Å²) in [7, 11) is 1.98. The Morgan fingerprint density at radius 3 is 2.83 bits per heavy atom. The van der Waals surface area contributed by atoms with E-state index in [2.05, 4.69) is 23.6 Å². The van der Waals surface area contributed by atoms with Crippen LogP contribution in [-0.2, 0) is 13.5 Å². The van der Waals surface area contributed by atoms with Crippen molar-refractivity contribution in [1.82, 2.24) is 4.57 Å². The minimum atomic E-state index is 0.298. The molecular formula is C19H16Cl2N2O. The summed E-state index contributed by atoms with van der Waals surface area (Å²) in [6.45, 7) is 2.12. The molecule has 1 heterocycles. The number of carbonyl (C=O) groups excluding carboxylic acids is 1. The summed E-state index contributed by atoms with van der Waals surface area (Å²) in [6, 6.07) is 7.73. The maximum atomic E-state index is 11.1. The average molecular weight is 359 g/mol. The summed E-state index contributed by atoms with van der Waals surface area (Å²) in [6.07, 6.45) is 3.98. The number of fused-ring (bicyclic) bond motifs is 1. The molecule has 24 heavy (non-hydrogen) atoms. The Morgan fingerprint density at radius 2 is 2.17 bits per heavy atom. The standard InChI is InChI=1S/C19H16Cl2N2O/c1-11-5-12(9-22)6-18-15(11)7-14(23(18)2)8-16-17(20)4-3-13(10-24)19(16)21/h3-4,6-7,10-11H,5,8H2,1-2H3. The lowest BCUT2D eigenvalue weighted by Crippen LogP contribution is -2.05. The monoisotopic (exact) mass is 358 g/mol. The second kappa shape index (κ2) is 6.47. The Hall–Kier alpha value is -2.02. The highest BCUT2D eigenvalue weighted by Crippen LogP contribution is 2.37. The largest absolute Gasteiger partial charge is 0.348 e. The second-order valence-corrected chi connectivity index (χ2v) is 6.93. The average Bonchev–Trinajstić information content (AvgIpc) is 2.88. The van der Waals surface area contributed by atoms with E-state index in [1.54, 1.807) is 12.1 Å². The normalized spacial score (nSPS) is 16.3. The van der Waals surface area contributed by atoms with Crippen molar-refractivity contribution >= 4 is 35.6 Å². The van der Waals surface area contributed by atoms with E-state index in [4.69, 9.17) is 23.2 Å². The quantitative estimate of drug-likeness (QED) is 0.712. The molecule has 2 aromatic rings. The van der Waals surface area contributed by atoms with E-state index in [9.17, 15) is 10.1 Å². The molecule has 1 atom stereocenters. The number of halogens is 2. The summed E-state index contributed by atoms with van der Waals surface area (Å²) in [5.41, 5.74) is 5.31. The molecule has 1 unspecified atom stereocenters. The highest BCUT2D eigenvalue weighted by Gasteiger charge is 2.23. The molecule has 0 saturated heterocycles. The third-order valence-electron chi connectivity index (χ3n) is 4.62. The van der Waals surface area contributed by atoms with Crippen molar-refractivity contribution in [3.8, 4) is 6.07 Å². The smallest absolute Gasteiger partial charge is 0.151 e. The topological polar surface area (TPSA) is 45.8 Å². The Bertz CT molecular complexity index is 903. The van der Waals surface area contributed by atoms with Gasteiger partial charge in [-0.15, -0.1) is 0 Å². The van der Waals surface area contributed by atoms with Crippen LogP contribution < -0.4 is 0 Å². The third-order valence-corrected chi connectivity index (χ3v) is 5.42. The first-order valence-electron chi connectivity index (χ1n) is 7.67. The fraction of sp³-hybridized carbons (Fsp3) is 0.263. The lowest BCUT2D eigenvalue weighted by molar-refractivity contribution is 0.112. The van der Waals surface area contributed by atoms with Gasteiger partial charge in [0.1, 0.15) is 0 Å². The zero-order chi connectivity index (χ0) is 17.4. The minimum Gasteiger partial charge on any atom is -0.348 e. The van der Waals surface area contributed by atoms with Gasteiger partial charge in [0.05, 0.1) is 11.1 Å². The third kappa shape index (κ3) is 2.77. The highest BCUT2D eigenvalue weighted by atomic mass is 35.5. The van der Waals surface area contributed by atoms with Crippen molar-refractivity contribution in [2.45, 2.75) is 25.7 Å². The summed E-state index contributed by atoms with van der Waals surface area (Å²) in [5.74, 6) is 0.298. The van der Waals surface area contributed by atoms with Crippen LogP contribution in [0.2, 0.25) is 10.0 Å². The van der Waals surface area contributed by atoms with Gasteiger partial charge in [0.15, 0.2) is 6.29 Å². The molecule has 1 aliphatic carbocycles. The summed E-state index contributed by atoms with van der Waals surface area (Å²) in [5, 5.41) is 10.2. The number of nitriles is 1. The minimum absolute atomic E-state index is 0.298. The van der Waals surface area contributed by atoms with Crippen molar-refractivity contribution in [3.05, 3.63) is 61.9 Å². The zero-order valence-corrected chi connectivity index (χ0v) is 14.9. The lowest BCUT2D eigenvalue weighted by Gasteiger charge is -2.17. The molecule has 0 spiro atoms. The van der Waals surface area contributed by atoms with Gasteiger partial charge in [0.2, 0.25) is 0 Å². The molecule has 0 amide bonds. The van der Waals surface area contributed by atoms with Gasteiger partial charge in [-0.05, 0) is 47.7 Å². The number of hydrogen-bond acceptors (Lipinski definition) is 2. The van der Waals surface area contributed by atoms with E-state index in [1.165, 1.54) is 5.56 Å². The van der Waals surface area contributed by atoms with Gasteiger partial charge >= 0.3 is 0 Å². The van der Waals surface area contributed by atoms with Gasteiger partial charge in [-0.1, -0.05) is 30.1 Å². The Kier molecular flexibility index (Phi) is 4.54. The van der Waals surface area contributed by atoms with Gasteiger partial charge in [-0.3, -0.25) is 4.79 Å². The van der Waals surface area contributed by atoms with Crippen molar-refractivity contribution in [2.75, 3.05) is 0 Å². The molecule has 1 aliphatic rings. The summed E-state index contributed by atoms with van der Waals surface area (Å²) >= 11 is 12.6. The van der Waals surface area contributed by atoms with Gasteiger partial charge in [0.25, 0.3) is 0 Å². The van der Waals surface area contributed by atoms with E-state index in [0.29, 0.717) is 27.9 Å². The Labute approximate surface area is 151 Å². The van der Waals surface area contributed by atoms with Crippen LogP contribution in [0.1, 0.15) is 52.1 Å². The van der Waals surface area contributed by atoms with Crippen LogP contribution in [0.5, 0.6) is 0 Å². The molecule has 5 heteroatoms. The van der Waals surface area contributed by atoms with Crippen molar-refractivity contribution < 1.29 is 4.79 Å². The van der Waals surface area contributed by atoms with E-state index < -0.39 is 0 Å². The van der Waals surface area contributed by atoms with E-state index in [0.717, 1.165) is 35.2 Å². The predicted octanol–water partition coefficient (Wildman–Crippen LogP) is 5.15. The molecule has 1 aromatic heterocycles. The number of nitrogens with zero attached hydrogens (tertiary/aromatic N) is 2. The fourth-order valence-electron chi connectivity index (χ4n) is 3.23. The Balaban J connectivity index is 2.07.